The van der Waals surface area contributed by atoms with E-state index in [9.17, 15) is 0 Å². The molecule has 0 amide bonds. The van der Waals surface area contributed by atoms with Crippen molar-refractivity contribution in [2.24, 2.45) is 0 Å². The van der Waals surface area contributed by atoms with E-state index in [2.05, 4.69) is 21.9 Å². The van der Waals surface area contributed by atoms with Gasteiger partial charge in [-0.1, -0.05) is 0 Å². The monoisotopic (exact) mass is 220 g/mol. The van der Waals surface area contributed by atoms with E-state index in [1.807, 2.05) is 31.4 Å². The van der Waals surface area contributed by atoms with Gasteiger partial charge in [0.15, 0.2) is 0 Å². The summed E-state index contributed by atoms with van der Waals surface area (Å²) in [6.45, 7) is 2.31. The Balaban J connectivity index is 2.16. The second-order valence-electron chi connectivity index (χ2n) is 4.80. The van der Waals surface area contributed by atoms with Gasteiger partial charge in [-0.05, 0) is 26.4 Å². The van der Waals surface area contributed by atoms with E-state index in [4.69, 9.17) is 0 Å². The van der Waals surface area contributed by atoms with Gasteiger partial charge >= 0.3 is 0 Å². The van der Waals surface area contributed by atoms with Crippen molar-refractivity contribution in [1.29, 1.82) is 0 Å². The highest BCUT2D eigenvalue weighted by Gasteiger charge is 2.20. The Kier molecular flexibility index (Phi) is 3.39. The van der Waals surface area contributed by atoms with Gasteiger partial charge < -0.3 is 9.80 Å². The van der Waals surface area contributed by atoms with Crippen LogP contribution < -0.4 is 4.90 Å². The smallest absolute Gasteiger partial charge is 0.146 e. The zero-order valence-electron chi connectivity index (χ0n) is 10.3. The Morgan fingerprint density at radius 2 is 2.19 bits per heavy atom. The van der Waals surface area contributed by atoms with Crippen LogP contribution in [0.25, 0.3) is 0 Å². The molecule has 4 nitrogen and oxygen atoms in total. The molecule has 1 aliphatic rings. The third-order valence-corrected chi connectivity index (χ3v) is 3.14. The first-order chi connectivity index (χ1) is 7.66. The third-order valence-electron chi connectivity index (χ3n) is 3.14. The van der Waals surface area contributed by atoms with Crippen LogP contribution in [0.5, 0.6) is 0 Å². The Morgan fingerprint density at radius 3 is 2.88 bits per heavy atom. The molecule has 1 fully saturated rings. The quantitative estimate of drug-likeness (QED) is 0.753. The number of likely N-dealkylation sites (N-methyl/N-ethyl adjacent to an activating group) is 1. The van der Waals surface area contributed by atoms with Gasteiger partial charge in [0.1, 0.15) is 5.82 Å². The molecule has 0 saturated carbocycles. The number of hydrogen-bond acceptors (Lipinski definition) is 4. The van der Waals surface area contributed by atoms with Gasteiger partial charge in [0.05, 0.1) is 11.9 Å². The minimum Gasteiger partial charge on any atom is -0.361 e. The molecule has 2 rings (SSSR count). The predicted molar refractivity (Wildman–Crippen MR) is 65.8 cm³/mol. The fraction of sp³-hybridized carbons (Fsp3) is 0.667. The van der Waals surface area contributed by atoms with Gasteiger partial charge in [0, 0.05) is 32.8 Å². The molecule has 0 radical (unpaired) electrons. The number of likely N-dealkylation sites (tertiary alicyclic amines) is 1. The molecule has 0 aromatic carbocycles. The molecule has 0 N–H and O–H groups in total. The largest absolute Gasteiger partial charge is 0.361 e. The summed E-state index contributed by atoms with van der Waals surface area (Å²) in [4.78, 5) is 13.3. The van der Waals surface area contributed by atoms with E-state index in [0.29, 0.717) is 5.92 Å². The summed E-state index contributed by atoms with van der Waals surface area (Å²) in [5.41, 5.74) is 1.14. The molecule has 88 valence electrons. The molecule has 0 bridgehead atoms. The Morgan fingerprint density at radius 1 is 1.38 bits per heavy atom. The molecule has 0 unspecified atom stereocenters. The van der Waals surface area contributed by atoms with Crippen LogP contribution in [0.3, 0.4) is 0 Å². The maximum Gasteiger partial charge on any atom is 0.146 e. The Labute approximate surface area is 97.3 Å². The highest BCUT2D eigenvalue weighted by molar-refractivity contribution is 5.34. The van der Waals surface area contributed by atoms with Crippen LogP contribution in [0.1, 0.15) is 24.5 Å². The van der Waals surface area contributed by atoms with Gasteiger partial charge in [0.2, 0.25) is 0 Å². The second-order valence-corrected chi connectivity index (χ2v) is 4.80. The van der Waals surface area contributed by atoms with Crippen molar-refractivity contribution in [3.8, 4) is 0 Å². The number of nitrogens with zero attached hydrogens (tertiary/aromatic N) is 4. The minimum atomic E-state index is 0.547. The van der Waals surface area contributed by atoms with Crippen LogP contribution in [0.15, 0.2) is 12.4 Å². The van der Waals surface area contributed by atoms with Gasteiger partial charge in [-0.3, -0.25) is 4.98 Å². The van der Waals surface area contributed by atoms with Crippen molar-refractivity contribution in [3.05, 3.63) is 18.1 Å². The number of rotatable bonds is 2. The lowest BCUT2D eigenvalue weighted by atomic mass is 9.95. The predicted octanol–water partition coefficient (Wildman–Crippen LogP) is 1.35. The number of anilines is 1. The first kappa shape index (κ1) is 11.3. The van der Waals surface area contributed by atoms with E-state index < -0.39 is 0 Å². The van der Waals surface area contributed by atoms with E-state index in [1.165, 1.54) is 19.4 Å². The van der Waals surface area contributed by atoms with Crippen LogP contribution >= 0.6 is 0 Å². The summed E-state index contributed by atoms with van der Waals surface area (Å²) >= 11 is 0. The van der Waals surface area contributed by atoms with Crippen LogP contribution in [-0.4, -0.2) is 49.1 Å². The van der Waals surface area contributed by atoms with Crippen LogP contribution in [0.4, 0.5) is 5.82 Å². The molecule has 1 atom stereocenters. The molecular formula is C12H20N4. The Hall–Kier alpha value is -1.16. The summed E-state index contributed by atoms with van der Waals surface area (Å²) in [5, 5.41) is 0. The van der Waals surface area contributed by atoms with Crippen LogP contribution in [0.2, 0.25) is 0 Å². The van der Waals surface area contributed by atoms with E-state index in [0.717, 1.165) is 18.1 Å². The van der Waals surface area contributed by atoms with E-state index >= 15 is 0 Å². The standard InChI is InChI=1S/C12H20N4/c1-15(2)12-8-13-7-11(14-12)10-5-4-6-16(3)9-10/h7-8,10H,4-6,9H2,1-3H3/t10-/m1/s1. The summed E-state index contributed by atoms with van der Waals surface area (Å²) in [7, 11) is 6.18. The maximum atomic E-state index is 4.67. The third kappa shape index (κ3) is 2.50. The van der Waals surface area contributed by atoms with E-state index in [1.54, 1.807) is 0 Å². The summed E-state index contributed by atoms with van der Waals surface area (Å²) in [6.07, 6.45) is 6.22. The van der Waals surface area contributed by atoms with E-state index in [-0.39, 0.29) is 0 Å². The lowest BCUT2D eigenvalue weighted by Crippen LogP contribution is -2.31. The summed E-state index contributed by atoms with van der Waals surface area (Å²) in [6, 6.07) is 0. The van der Waals surface area contributed by atoms with Crippen molar-refractivity contribution in [3.63, 3.8) is 0 Å². The molecule has 1 aliphatic heterocycles. The minimum absolute atomic E-state index is 0.547. The average molecular weight is 220 g/mol. The lowest BCUT2D eigenvalue weighted by Gasteiger charge is -2.29. The lowest BCUT2D eigenvalue weighted by molar-refractivity contribution is 0.248. The van der Waals surface area contributed by atoms with Crippen molar-refractivity contribution in [2.45, 2.75) is 18.8 Å². The highest BCUT2D eigenvalue weighted by atomic mass is 15.2. The molecule has 0 spiro atoms. The average Bonchev–Trinajstić information content (AvgIpc) is 2.29. The summed E-state index contributed by atoms with van der Waals surface area (Å²) < 4.78 is 0. The van der Waals surface area contributed by atoms with Crippen molar-refractivity contribution >= 4 is 5.82 Å². The molecule has 16 heavy (non-hydrogen) atoms. The second kappa shape index (κ2) is 4.78. The molecule has 0 aliphatic carbocycles. The number of piperidine rings is 1. The molecular weight excluding hydrogens is 200 g/mol. The van der Waals surface area contributed by atoms with Crippen LogP contribution in [-0.2, 0) is 0 Å². The maximum absolute atomic E-state index is 4.67. The van der Waals surface area contributed by atoms with Gasteiger partial charge in [-0.25, -0.2) is 4.98 Å². The van der Waals surface area contributed by atoms with Crippen molar-refractivity contribution < 1.29 is 0 Å². The Bertz CT molecular complexity index is 351. The topological polar surface area (TPSA) is 32.3 Å². The molecule has 1 saturated heterocycles. The zero-order chi connectivity index (χ0) is 11.5. The van der Waals surface area contributed by atoms with Crippen molar-refractivity contribution in [1.82, 2.24) is 14.9 Å². The number of aromatic nitrogens is 2. The van der Waals surface area contributed by atoms with Crippen molar-refractivity contribution in [2.75, 3.05) is 39.1 Å². The molecule has 4 heteroatoms. The first-order valence-electron chi connectivity index (χ1n) is 5.84. The molecule has 1 aromatic heterocycles. The van der Waals surface area contributed by atoms with Gasteiger partial charge in [-0.15, -0.1) is 0 Å². The first-order valence-corrected chi connectivity index (χ1v) is 5.84. The van der Waals surface area contributed by atoms with Crippen LogP contribution in [0, 0.1) is 0 Å². The number of hydrogen-bond donors (Lipinski definition) is 0. The molecule has 2 heterocycles. The zero-order valence-corrected chi connectivity index (χ0v) is 10.3. The highest BCUT2D eigenvalue weighted by Crippen LogP contribution is 2.25. The van der Waals surface area contributed by atoms with Gasteiger partial charge in [-0.2, -0.15) is 0 Å². The normalized spacial score (nSPS) is 22.1. The molecule has 1 aromatic rings. The fourth-order valence-corrected chi connectivity index (χ4v) is 2.19. The SMILES string of the molecule is CN1CCC[C@@H](c2cncc(N(C)C)n2)C1. The fourth-order valence-electron chi connectivity index (χ4n) is 2.19. The summed E-state index contributed by atoms with van der Waals surface area (Å²) in [5.74, 6) is 1.50. The van der Waals surface area contributed by atoms with Gasteiger partial charge in [0.25, 0.3) is 0 Å².